The minimum atomic E-state index is -0.180. The molecule has 0 aliphatic rings. The lowest BCUT2D eigenvalue weighted by atomic mass is 10.3. The number of hydrogen-bond donors (Lipinski definition) is 1. The van der Waals surface area contributed by atoms with Gasteiger partial charge in [-0.25, -0.2) is 0 Å². The number of ketones is 1. The smallest absolute Gasteiger partial charge is 0.221 e. The minimum absolute atomic E-state index is 0.0445. The van der Waals surface area contributed by atoms with Crippen molar-refractivity contribution in [2.45, 2.75) is 6.92 Å². The Bertz CT molecular complexity index is 578. The number of thiophene rings is 1. The number of ether oxygens (including phenoxy) is 1. The molecule has 1 amide bonds. The van der Waals surface area contributed by atoms with Gasteiger partial charge < -0.3 is 10.1 Å². The lowest BCUT2D eigenvalue weighted by Gasteiger charge is -2.10. The molecule has 0 atom stereocenters. The second-order valence-electron chi connectivity index (χ2n) is 3.87. The molecular weight excluding hydrogens is 262 g/mol. The fraction of sp³-hybridized carbons (Fsp3) is 0.143. The minimum Gasteiger partial charge on any atom is -0.483 e. The van der Waals surface area contributed by atoms with Gasteiger partial charge in [0, 0.05) is 6.92 Å². The maximum absolute atomic E-state index is 11.8. The summed E-state index contributed by atoms with van der Waals surface area (Å²) in [6.07, 6.45) is 0. The van der Waals surface area contributed by atoms with Gasteiger partial charge in [-0.05, 0) is 23.6 Å². The summed E-state index contributed by atoms with van der Waals surface area (Å²) in [7, 11) is 0. The first-order valence-electron chi connectivity index (χ1n) is 5.73. The highest BCUT2D eigenvalue weighted by Crippen LogP contribution is 2.24. The second-order valence-corrected chi connectivity index (χ2v) is 4.81. The number of amides is 1. The third-order valence-electron chi connectivity index (χ3n) is 2.35. The van der Waals surface area contributed by atoms with Gasteiger partial charge in [0.1, 0.15) is 5.75 Å². The van der Waals surface area contributed by atoms with Gasteiger partial charge in [-0.1, -0.05) is 18.2 Å². The van der Waals surface area contributed by atoms with Gasteiger partial charge in [-0.3, -0.25) is 9.59 Å². The van der Waals surface area contributed by atoms with Gasteiger partial charge in [0.2, 0.25) is 11.7 Å². The number of hydrogen-bond acceptors (Lipinski definition) is 4. The van der Waals surface area contributed by atoms with Crippen LogP contribution in [0.2, 0.25) is 0 Å². The quantitative estimate of drug-likeness (QED) is 0.853. The molecule has 0 spiro atoms. The molecule has 0 saturated carbocycles. The average molecular weight is 275 g/mol. The summed E-state index contributed by atoms with van der Waals surface area (Å²) in [4.78, 5) is 23.5. The number of carbonyl (C=O) groups excluding carboxylic acids is 2. The SMILES string of the molecule is CC(=O)Nc1ccccc1OCC(=O)c1cccs1. The van der Waals surface area contributed by atoms with E-state index in [2.05, 4.69) is 5.32 Å². The first-order valence-corrected chi connectivity index (χ1v) is 6.61. The molecule has 0 fully saturated rings. The van der Waals surface area contributed by atoms with Crippen molar-refractivity contribution in [3.63, 3.8) is 0 Å². The molecule has 98 valence electrons. The van der Waals surface area contributed by atoms with E-state index in [1.165, 1.54) is 18.3 Å². The summed E-state index contributed by atoms with van der Waals surface area (Å²) in [6.45, 7) is 1.38. The van der Waals surface area contributed by atoms with Crippen molar-refractivity contribution in [3.05, 3.63) is 46.7 Å². The molecule has 5 heteroatoms. The van der Waals surface area contributed by atoms with Crippen molar-refractivity contribution in [3.8, 4) is 5.75 Å². The van der Waals surface area contributed by atoms with E-state index < -0.39 is 0 Å². The van der Waals surface area contributed by atoms with E-state index in [4.69, 9.17) is 4.74 Å². The Morgan fingerprint density at radius 1 is 1.21 bits per heavy atom. The maximum Gasteiger partial charge on any atom is 0.221 e. The van der Waals surface area contributed by atoms with Gasteiger partial charge in [0.05, 0.1) is 10.6 Å². The first-order chi connectivity index (χ1) is 9.16. The first kappa shape index (κ1) is 13.3. The number of Topliss-reactive ketones (excluding diaryl/α,β-unsaturated/α-hetero) is 1. The van der Waals surface area contributed by atoms with Crippen molar-refractivity contribution in [1.82, 2.24) is 0 Å². The Balaban J connectivity index is 2.03. The van der Waals surface area contributed by atoms with E-state index in [-0.39, 0.29) is 18.3 Å². The van der Waals surface area contributed by atoms with Gasteiger partial charge in [-0.15, -0.1) is 11.3 Å². The van der Waals surface area contributed by atoms with E-state index in [1.807, 2.05) is 11.4 Å². The molecule has 1 heterocycles. The van der Waals surface area contributed by atoms with Crippen LogP contribution in [0.3, 0.4) is 0 Å². The van der Waals surface area contributed by atoms with Crippen molar-refractivity contribution in [2.24, 2.45) is 0 Å². The van der Waals surface area contributed by atoms with Crippen LogP contribution < -0.4 is 10.1 Å². The predicted octanol–water partition coefficient (Wildman–Crippen LogP) is 2.97. The van der Waals surface area contributed by atoms with Crippen LogP contribution in [-0.2, 0) is 4.79 Å². The van der Waals surface area contributed by atoms with Crippen LogP contribution in [0.4, 0.5) is 5.69 Å². The fourth-order valence-electron chi connectivity index (χ4n) is 1.54. The van der Waals surface area contributed by atoms with E-state index in [0.717, 1.165) is 0 Å². The van der Waals surface area contributed by atoms with Gasteiger partial charge in [0.15, 0.2) is 6.61 Å². The molecule has 0 aliphatic heterocycles. The second kappa shape index (κ2) is 6.15. The summed E-state index contributed by atoms with van der Waals surface area (Å²) in [6, 6.07) is 10.6. The van der Waals surface area contributed by atoms with Gasteiger partial charge in [0.25, 0.3) is 0 Å². The fourth-order valence-corrected chi connectivity index (χ4v) is 2.19. The van der Waals surface area contributed by atoms with Gasteiger partial charge in [-0.2, -0.15) is 0 Å². The van der Waals surface area contributed by atoms with Crippen LogP contribution in [0.5, 0.6) is 5.75 Å². The molecule has 0 bridgehead atoms. The lowest BCUT2D eigenvalue weighted by Crippen LogP contribution is -2.12. The molecule has 1 aromatic heterocycles. The van der Waals surface area contributed by atoms with Gasteiger partial charge >= 0.3 is 0 Å². The molecule has 0 saturated heterocycles. The highest BCUT2D eigenvalue weighted by Gasteiger charge is 2.10. The van der Waals surface area contributed by atoms with Crippen molar-refractivity contribution >= 4 is 28.7 Å². The van der Waals surface area contributed by atoms with Crippen molar-refractivity contribution < 1.29 is 14.3 Å². The van der Waals surface area contributed by atoms with E-state index in [1.54, 1.807) is 30.3 Å². The Morgan fingerprint density at radius 3 is 2.68 bits per heavy atom. The molecule has 2 rings (SSSR count). The van der Waals surface area contributed by atoms with E-state index >= 15 is 0 Å². The highest BCUT2D eigenvalue weighted by atomic mass is 32.1. The summed E-state index contributed by atoms with van der Waals surface area (Å²) in [5, 5.41) is 4.50. The Kier molecular flexibility index (Phi) is 4.30. The molecule has 0 radical (unpaired) electrons. The standard InChI is InChI=1S/C14H13NO3S/c1-10(16)15-11-5-2-3-6-13(11)18-9-12(17)14-7-4-8-19-14/h2-8H,9H2,1H3,(H,15,16). The average Bonchev–Trinajstić information content (AvgIpc) is 2.90. The predicted molar refractivity (Wildman–Crippen MR) is 74.9 cm³/mol. The summed E-state index contributed by atoms with van der Waals surface area (Å²) < 4.78 is 5.47. The van der Waals surface area contributed by atoms with Crippen LogP contribution in [0.15, 0.2) is 41.8 Å². The normalized spacial score (nSPS) is 9.95. The monoisotopic (exact) mass is 275 g/mol. The number of nitrogens with one attached hydrogen (secondary N) is 1. The molecule has 2 aromatic rings. The summed E-state index contributed by atoms with van der Waals surface area (Å²) in [5.74, 6) is 0.232. The zero-order valence-corrected chi connectivity index (χ0v) is 11.2. The molecule has 4 nitrogen and oxygen atoms in total. The largest absolute Gasteiger partial charge is 0.483 e. The zero-order chi connectivity index (χ0) is 13.7. The van der Waals surface area contributed by atoms with Crippen LogP contribution in [0.25, 0.3) is 0 Å². The number of carbonyl (C=O) groups is 2. The van der Waals surface area contributed by atoms with E-state index in [0.29, 0.717) is 16.3 Å². The Labute approximate surface area is 115 Å². The number of benzene rings is 1. The molecular formula is C14H13NO3S. The maximum atomic E-state index is 11.8. The van der Waals surface area contributed by atoms with Crippen molar-refractivity contribution in [2.75, 3.05) is 11.9 Å². The third kappa shape index (κ3) is 3.66. The van der Waals surface area contributed by atoms with Crippen LogP contribution in [0, 0.1) is 0 Å². The zero-order valence-electron chi connectivity index (χ0n) is 10.4. The Morgan fingerprint density at radius 2 is 2.00 bits per heavy atom. The highest BCUT2D eigenvalue weighted by molar-refractivity contribution is 7.12. The molecule has 1 N–H and O–H groups in total. The third-order valence-corrected chi connectivity index (χ3v) is 3.26. The van der Waals surface area contributed by atoms with Crippen molar-refractivity contribution in [1.29, 1.82) is 0 Å². The van der Waals surface area contributed by atoms with Crippen LogP contribution in [-0.4, -0.2) is 18.3 Å². The Hall–Kier alpha value is -2.14. The van der Waals surface area contributed by atoms with Crippen LogP contribution >= 0.6 is 11.3 Å². The molecule has 0 aliphatic carbocycles. The number of anilines is 1. The number of para-hydroxylation sites is 2. The summed E-state index contributed by atoms with van der Waals surface area (Å²) in [5.41, 5.74) is 0.564. The molecule has 0 unspecified atom stereocenters. The molecule has 19 heavy (non-hydrogen) atoms. The number of rotatable bonds is 5. The summed E-state index contributed by atoms with van der Waals surface area (Å²) >= 11 is 1.38. The molecule has 1 aromatic carbocycles. The lowest BCUT2D eigenvalue weighted by molar-refractivity contribution is -0.114. The van der Waals surface area contributed by atoms with Crippen LogP contribution in [0.1, 0.15) is 16.6 Å². The topological polar surface area (TPSA) is 55.4 Å². The van der Waals surface area contributed by atoms with E-state index in [9.17, 15) is 9.59 Å².